The number of rotatable bonds is 6. The predicted octanol–water partition coefficient (Wildman–Crippen LogP) is 4.58. The van der Waals surface area contributed by atoms with Crippen molar-refractivity contribution < 1.29 is 5.11 Å². The zero-order valence-corrected chi connectivity index (χ0v) is 11.2. The minimum atomic E-state index is -0.374. The fourth-order valence-electron chi connectivity index (χ4n) is 2.50. The smallest absolute Gasteiger partial charge is 0.0845 e. The van der Waals surface area contributed by atoms with Crippen LogP contribution in [0.15, 0.2) is 30.8 Å². The molecule has 1 atom stereocenters. The maximum atomic E-state index is 10.6. The van der Waals surface area contributed by atoms with Crippen molar-refractivity contribution in [3.8, 4) is 0 Å². The molecule has 0 amide bonds. The Morgan fingerprint density at radius 2 is 1.59 bits per heavy atom. The molecule has 0 aliphatic rings. The second-order valence-corrected chi connectivity index (χ2v) is 4.70. The number of aliphatic hydroxyl groups is 1. The summed E-state index contributed by atoms with van der Waals surface area (Å²) in [5, 5.41) is 10.6. The molecule has 0 aromatic heterocycles. The van der Waals surface area contributed by atoms with Crippen LogP contribution in [-0.2, 0) is 0 Å². The highest BCUT2D eigenvalue weighted by atomic mass is 16.3. The first kappa shape index (κ1) is 14.0. The van der Waals surface area contributed by atoms with Gasteiger partial charge in [0.2, 0.25) is 0 Å². The molecule has 1 heteroatoms. The molecule has 94 valence electrons. The van der Waals surface area contributed by atoms with E-state index in [0.29, 0.717) is 0 Å². The summed E-state index contributed by atoms with van der Waals surface area (Å²) in [4.78, 5) is 0. The van der Waals surface area contributed by atoms with Crippen LogP contribution in [0.5, 0.6) is 0 Å². The summed E-state index contributed by atoms with van der Waals surface area (Å²) < 4.78 is 0. The lowest BCUT2D eigenvalue weighted by Gasteiger charge is -2.36. The van der Waals surface area contributed by atoms with Crippen LogP contribution in [0.25, 0.3) is 6.08 Å². The van der Waals surface area contributed by atoms with Gasteiger partial charge in [0.25, 0.3) is 0 Å². The van der Waals surface area contributed by atoms with Gasteiger partial charge >= 0.3 is 0 Å². The Hall–Kier alpha value is -1.08. The average molecular weight is 232 g/mol. The van der Waals surface area contributed by atoms with E-state index in [-0.39, 0.29) is 11.5 Å². The van der Waals surface area contributed by atoms with Gasteiger partial charge in [-0.1, -0.05) is 57.7 Å². The maximum absolute atomic E-state index is 10.6. The van der Waals surface area contributed by atoms with Crippen LogP contribution in [0, 0.1) is 5.41 Å². The van der Waals surface area contributed by atoms with E-state index in [2.05, 4.69) is 27.4 Å². The Bertz CT molecular complexity index is 338. The van der Waals surface area contributed by atoms with Crippen molar-refractivity contribution in [2.24, 2.45) is 5.41 Å². The van der Waals surface area contributed by atoms with Gasteiger partial charge in [0.15, 0.2) is 0 Å². The Morgan fingerprint density at radius 3 is 1.94 bits per heavy atom. The SMILES string of the molecule is C=Cc1ccc(C(O)C(CC)(CC)CC)cc1. The molecule has 17 heavy (non-hydrogen) atoms. The summed E-state index contributed by atoms with van der Waals surface area (Å²) in [5.41, 5.74) is 2.12. The van der Waals surface area contributed by atoms with E-state index in [1.165, 1.54) is 0 Å². The highest BCUT2D eigenvalue weighted by Crippen LogP contribution is 2.42. The Balaban J connectivity index is 3.00. The number of hydrogen-bond acceptors (Lipinski definition) is 1. The lowest BCUT2D eigenvalue weighted by atomic mass is 9.72. The third-order valence-electron chi connectivity index (χ3n) is 4.18. The van der Waals surface area contributed by atoms with Gasteiger partial charge in [0.05, 0.1) is 6.10 Å². The summed E-state index contributed by atoms with van der Waals surface area (Å²) in [6.07, 6.45) is 4.46. The molecule has 0 aliphatic heterocycles. The topological polar surface area (TPSA) is 20.2 Å². The van der Waals surface area contributed by atoms with E-state index in [0.717, 1.165) is 30.4 Å². The van der Waals surface area contributed by atoms with Crippen molar-refractivity contribution in [1.29, 1.82) is 0 Å². The largest absolute Gasteiger partial charge is 0.388 e. The van der Waals surface area contributed by atoms with E-state index in [1.54, 1.807) is 0 Å². The fraction of sp³-hybridized carbons (Fsp3) is 0.500. The molecular weight excluding hydrogens is 208 g/mol. The number of benzene rings is 1. The van der Waals surface area contributed by atoms with Gasteiger partial charge in [-0.25, -0.2) is 0 Å². The molecule has 0 radical (unpaired) electrons. The lowest BCUT2D eigenvalue weighted by Crippen LogP contribution is -2.27. The van der Waals surface area contributed by atoms with Crippen molar-refractivity contribution in [1.82, 2.24) is 0 Å². The highest BCUT2D eigenvalue weighted by Gasteiger charge is 2.33. The van der Waals surface area contributed by atoms with Gasteiger partial charge in [0, 0.05) is 0 Å². The molecule has 1 aromatic carbocycles. The summed E-state index contributed by atoms with van der Waals surface area (Å²) in [6, 6.07) is 8.05. The quantitative estimate of drug-likeness (QED) is 0.761. The molecule has 1 N–H and O–H groups in total. The van der Waals surface area contributed by atoms with Gasteiger partial charge in [-0.2, -0.15) is 0 Å². The summed E-state index contributed by atoms with van der Waals surface area (Å²) in [7, 11) is 0. The minimum absolute atomic E-state index is 0.00962. The first-order valence-corrected chi connectivity index (χ1v) is 6.54. The van der Waals surface area contributed by atoms with E-state index in [9.17, 15) is 5.11 Å². The zero-order chi connectivity index (χ0) is 12.9. The van der Waals surface area contributed by atoms with E-state index in [1.807, 2.05) is 30.3 Å². The number of aliphatic hydroxyl groups excluding tert-OH is 1. The van der Waals surface area contributed by atoms with Gasteiger partial charge < -0.3 is 5.11 Å². The van der Waals surface area contributed by atoms with Crippen molar-refractivity contribution in [3.63, 3.8) is 0 Å². The second kappa shape index (κ2) is 6.02. The molecular formula is C16H24O. The summed E-state index contributed by atoms with van der Waals surface area (Å²) >= 11 is 0. The van der Waals surface area contributed by atoms with Crippen molar-refractivity contribution >= 4 is 6.08 Å². The Labute approximate surface area is 105 Å². The van der Waals surface area contributed by atoms with E-state index < -0.39 is 0 Å². The van der Waals surface area contributed by atoms with Crippen LogP contribution >= 0.6 is 0 Å². The van der Waals surface area contributed by atoms with Crippen molar-refractivity contribution in [2.45, 2.75) is 46.1 Å². The molecule has 1 aromatic rings. The zero-order valence-electron chi connectivity index (χ0n) is 11.2. The molecule has 0 saturated carbocycles. The van der Waals surface area contributed by atoms with Gasteiger partial charge in [-0.3, -0.25) is 0 Å². The normalized spacial score (nSPS) is 13.4. The average Bonchev–Trinajstić information content (AvgIpc) is 2.41. The molecule has 0 bridgehead atoms. The standard InChI is InChI=1S/C16H24O/c1-5-13-9-11-14(12-10-13)15(17)16(6-2,7-3)8-4/h5,9-12,15,17H,1,6-8H2,2-4H3. The van der Waals surface area contributed by atoms with E-state index in [4.69, 9.17) is 0 Å². The molecule has 0 spiro atoms. The Morgan fingerprint density at radius 1 is 1.12 bits per heavy atom. The van der Waals surface area contributed by atoms with E-state index >= 15 is 0 Å². The molecule has 0 heterocycles. The molecule has 1 nitrogen and oxygen atoms in total. The molecule has 0 aliphatic carbocycles. The molecule has 1 unspecified atom stereocenters. The van der Waals surface area contributed by atoms with Crippen molar-refractivity contribution in [2.75, 3.05) is 0 Å². The fourth-order valence-corrected chi connectivity index (χ4v) is 2.50. The van der Waals surface area contributed by atoms with Crippen LogP contribution < -0.4 is 0 Å². The van der Waals surface area contributed by atoms with Gasteiger partial charge in [-0.15, -0.1) is 0 Å². The lowest BCUT2D eigenvalue weighted by molar-refractivity contribution is 0.0124. The monoisotopic (exact) mass is 232 g/mol. The van der Waals surface area contributed by atoms with Crippen LogP contribution in [0.1, 0.15) is 57.3 Å². The first-order chi connectivity index (χ1) is 8.13. The van der Waals surface area contributed by atoms with Gasteiger partial charge in [0.1, 0.15) is 0 Å². The number of hydrogen-bond donors (Lipinski definition) is 1. The highest BCUT2D eigenvalue weighted by molar-refractivity contribution is 5.47. The summed E-state index contributed by atoms with van der Waals surface area (Å²) in [5.74, 6) is 0. The first-order valence-electron chi connectivity index (χ1n) is 6.54. The second-order valence-electron chi connectivity index (χ2n) is 4.70. The van der Waals surface area contributed by atoms with Crippen LogP contribution in [-0.4, -0.2) is 5.11 Å². The van der Waals surface area contributed by atoms with Gasteiger partial charge in [-0.05, 0) is 35.8 Å². The molecule has 1 rings (SSSR count). The summed E-state index contributed by atoms with van der Waals surface area (Å²) in [6.45, 7) is 10.2. The Kier molecular flexibility index (Phi) is 4.95. The molecule has 0 saturated heterocycles. The minimum Gasteiger partial charge on any atom is -0.388 e. The van der Waals surface area contributed by atoms with Crippen LogP contribution in [0.4, 0.5) is 0 Å². The predicted molar refractivity (Wildman–Crippen MR) is 74.8 cm³/mol. The van der Waals surface area contributed by atoms with Crippen LogP contribution in [0.3, 0.4) is 0 Å². The van der Waals surface area contributed by atoms with Crippen molar-refractivity contribution in [3.05, 3.63) is 42.0 Å². The maximum Gasteiger partial charge on any atom is 0.0845 e. The molecule has 0 fully saturated rings. The third kappa shape index (κ3) is 2.78. The van der Waals surface area contributed by atoms with Crippen LogP contribution in [0.2, 0.25) is 0 Å². The third-order valence-corrected chi connectivity index (χ3v) is 4.18.